The maximum absolute atomic E-state index is 11.6. The molecule has 2 aromatic rings. The van der Waals surface area contributed by atoms with E-state index >= 15 is 0 Å². The van der Waals surface area contributed by atoms with Gasteiger partial charge < -0.3 is 14.7 Å². The number of carboxylic acid groups (broad SMARTS) is 1. The molecule has 4 heteroatoms. The van der Waals surface area contributed by atoms with E-state index < -0.39 is 5.97 Å². The molecule has 0 fully saturated rings. The molecule has 4 rings (SSSR count). The lowest BCUT2D eigenvalue weighted by atomic mass is 9.84. The molecule has 2 aromatic carbocycles. The number of benzene rings is 2. The standard InChI is InChI=1S/C22H25NO3/c1-13-11-19-17(8-9-23(19)3)22(18(13)12-21(24)25)16-6-7-20-15(14(16)2)5-4-10-26-20/h6-7,11H,4-5,8-10,12H2,1-3H3,(H,24,25). The number of hydrogen-bond acceptors (Lipinski definition) is 3. The van der Waals surface area contributed by atoms with Crippen molar-refractivity contribution in [2.75, 3.05) is 25.1 Å². The number of hydrogen-bond donors (Lipinski definition) is 1. The molecular weight excluding hydrogens is 326 g/mol. The predicted molar refractivity (Wildman–Crippen MR) is 103 cm³/mol. The molecule has 0 bridgehead atoms. The second-order valence-electron chi connectivity index (χ2n) is 7.45. The molecule has 0 aliphatic carbocycles. The largest absolute Gasteiger partial charge is 0.493 e. The van der Waals surface area contributed by atoms with E-state index in [1.165, 1.54) is 27.9 Å². The molecule has 136 valence electrons. The monoisotopic (exact) mass is 351 g/mol. The minimum atomic E-state index is -0.778. The van der Waals surface area contributed by atoms with Gasteiger partial charge in [0.25, 0.3) is 0 Å². The first kappa shape index (κ1) is 17.0. The first-order chi connectivity index (χ1) is 12.5. The van der Waals surface area contributed by atoms with Crippen LogP contribution in [0.1, 0.15) is 34.2 Å². The van der Waals surface area contributed by atoms with Crippen LogP contribution in [-0.2, 0) is 24.1 Å². The Bertz CT molecular complexity index is 901. The van der Waals surface area contributed by atoms with Crippen LogP contribution in [0.5, 0.6) is 5.75 Å². The summed E-state index contributed by atoms with van der Waals surface area (Å²) in [6.45, 7) is 5.94. The number of carboxylic acids is 1. The fraction of sp³-hybridized carbons (Fsp3) is 0.409. The molecule has 2 heterocycles. The Kier molecular flexibility index (Phi) is 4.14. The summed E-state index contributed by atoms with van der Waals surface area (Å²) >= 11 is 0. The lowest BCUT2D eigenvalue weighted by Gasteiger charge is -2.24. The minimum absolute atomic E-state index is 0.0607. The summed E-state index contributed by atoms with van der Waals surface area (Å²) < 4.78 is 5.82. The van der Waals surface area contributed by atoms with Crippen molar-refractivity contribution >= 4 is 11.7 Å². The molecule has 1 N–H and O–H groups in total. The molecule has 0 radical (unpaired) electrons. The summed E-state index contributed by atoms with van der Waals surface area (Å²) in [7, 11) is 2.11. The van der Waals surface area contributed by atoms with Crippen LogP contribution in [0.25, 0.3) is 11.1 Å². The highest BCUT2D eigenvalue weighted by atomic mass is 16.5. The van der Waals surface area contributed by atoms with Crippen LogP contribution in [0.2, 0.25) is 0 Å². The number of fused-ring (bicyclic) bond motifs is 2. The van der Waals surface area contributed by atoms with E-state index in [0.29, 0.717) is 0 Å². The van der Waals surface area contributed by atoms with E-state index in [1.807, 2.05) is 6.92 Å². The van der Waals surface area contributed by atoms with Crippen molar-refractivity contribution < 1.29 is 14.6 Å². The van der Waals surface area contributed by atoms with Gasteiger partial charge in [0.1, 0.15) is 5.75 Å². The van der Waals surface area contributed by atoms with Gasteiger partial charge in [0.2, 0.25) is 0 Å². The van der Waals surface area contributed by atoms with Crippen LogP contribution >= 0.6 is 0 Å². The average Bonchev–Trinajstić information content (AvgIpc) is 2.97. The smallest absolute Gasteiger partial charge is 0.307 e. The zero-order chi connectivity index (χ0) is 18.4. The van der Waals surface area contributed by atoms with Gasteiger partial charge in [0.05, 0.1) is 13.0 Å². The van der Waals surface area contributed by atoms with Gasteiger partial charge in [-0.3, -0.25) is 4.79 Å². The van der Waals surface area contributed by atoms with Gasteiger partial charge in [0.15, 0.2) is 0 Å². The second kappa shape index (κ2) is 6.35. The fourth-order valence-corrected chi connectivity index (χ4v) is 4.46. The molecule has 26 heavy (non-hydrogen) atoms. The topological polar surface area (TPSA) is 49.8 Å². The first-order valence-corrected chi connectivity index (χ1v) is 9.31. The van der Waals surface area contributed by atoms with Crippen LogP contribution in [0, 0.1) is 13.8 Å². The maximum Gasteiger partial charge on any atom is 0.307 e. The number of anilines is 1. The Labute approximate surface area is 154 Å². The number of likely N-dealkylation sites (N-methyl/N-ethyl adjacent to an activating group) is 1. The van der Waals surface area contributed by atoms with Gasteiger partial charge in [-0.2, -0.15) is 0 Å². The van der Waals surface area contributed by atoms with Crippen LogP contribution in [0.4, 0.5) is 5.69 Å². The van der Waals surface area contributed by atoms with Crippen LogP contribution in [0.15, 0.2) is 18.2 Å². The van der Waals surface area contributed by atoms with Crippen molar-refractivity contribution in [3.63, 3.8) is 0 Å². The highest BCUT2D eigenvalue weighted by molar-refractivity contribution is 5.86. The van der Waals surface area contributed by atoms with E-state index in [1.54, 1.807) is 0 Å². The van der Waals surface area contributed by atoms with E-state index in [2.05, 4.69) is 37.1 Å². The summed E-state index contributed by atoms with van der Waals surface area (Å²) in [5.74, 6) is 0.207. The third kappa shape index (κ3) is 2.64. The lowest BCUT2D eigenvalue weighted by molar-refractivity contribution is -0.136. The minimum Gasteiger partial charge on any atom is -0.493 e. The van der Waals surface area contributed by atoms with Crippen molar-refractivity contribution in [1.82, 2.24) is 0 Å². The molecule has 0 unspecified atom stereocenters. The van der Waals surface area contributed by atoms with Crippen molar-refractivity contribution in [1.29, 1.82) is 0 Å². The molecule has 0 spiro atoms. The zero-order valence-corrected chi connectivity index (χ0v) is 15.7. The molecule has 0 saturated heterocycles. The normalized spacial score (nSPS) is 15.4. The molecular formula is C22H25NO3. The summed E-state index contributed by atoms with van der Waals surface area (Å²) in [6.07, 6.45) is 3.08. The van der Waals surface area contributed by atoms with Gasteiger partial charge in [-0.1, -0.05) is 6.07 Å². The van der Waals surface area contributed by atoms with E-state index in [4.69, 9.17) is 4.74 Å². The van der Waals surface area contributed by atoms with Crippen molar-refractivity contribution in [3.05, 3.63) is 46.0 Å². The SMILES string of the molecule is Cc1cc2c(c(-c3ccc4c(c3C)CCCO4)c1CC(=O)O)CCN2C. The number of carbonyl (C=O) groups is 1. The number of nitrogens with zero attached hydrogens (tertiary/aromatic N) is 1. The Morgan fingerprint density at radius 3 is 2.81 bits per heavy atom. The van der Waals surface area contributed by atoms with Gasteiger partial charge in [-0.05, 0) is 84.2 Å². The predicted octanol–water partition coefficient (Wildman–Crippen LogP) is 3.91. The molecule has 4 nitrogen and oxygen atoms in total. The summed E-state index contributed by atoms with van der Waals surface area (Å²) in [5.41, 5.74) is 9.34. The Hall–Kier alpha value is -2.49. The van der Waals surface area contributed by atoms with Crippen molar-refractivity contribution in [3.8, 4) is 16.9 Å². The Morgan fingerprint density at radius 1 is 1.23 bits per heavy atom. The highest BCUT2D eigenvalue weighted by Crippen LogP contribution is 2.43. The van der Waals surface area contributed by atoms with E-state index in [9.17, 15) is 9.90 Å². The molecule has 2 aliphatic rings. The fourth-order valence-electron chi connectivity index (χ4n) is 4.46. The Morgan fingerprint density at radius 2 is 2.04 bits per heavy atom. The van der Waals surface area contributed by atoms with Gasteiger partial charge in [-0.15, -0.1) is 0 Å². The zero-order valence-electron chi connectivity index (χ0n) is 15.7. The van der Waals surface area contributed by atoms with Crippen molar-refractivity contribution in [2.24, 2.45) is 0 Å². The second-order valence-corrected chi connectivity index (χ2v) is 7.45. The third-order valence-electron chi connectivity index (χ3n) is 5.83. The lowest BCUT2D eigenvalue weighted by Crippen LogP contribution is -2.13. The quantitative estimate of drug-likeness (QED) is 0.911. The van der Waals surface area contributed by atoms with E-state index in [0.717, 1.165) is 54.9 Å². The molecule has 0 aromatic heterocycles. The number of rotatable bonds is 3. The first-order valence-electron chi connectivity index (χ1n) is 9.31. The maximum atomic E-state index is 11.6. The summed E-state index contributed by atoms with van der Waals surface area (Å²) in [5, 5.41) is 9.49. The Balaban J connectivity index is 1.99. The number of aliphatic carboxylic acids is 1. The number of aryl methyl sites for hydroxylation is 1. The molecule has 0 saturated carbocycles. The van der Waals surface area contributed by atoms with Crippen LogP contribution in [-0.4, -0.2) is 31.3 Å². The number of ether oxygens (including phenoxy) is 1. The third-order valence-corrected chi connectivity index (χ3v) is 5.83. The van der Waals surface area contributed by atoms with Gasteiger partial charge in [0, 0.05) is 19.3 Å². The van der Waals surface area contributed by atoms with Crippen LogP contribution in [0.3, 0.4) is 0 Å². The van der Waals surface area contributed by atoms with Crippen molar-refractivity contribution in [2.45, 2.75) is 39.5 Å². The highest BCUT2D eigenvalue weighted by Gasteiger charge is 2.27. The van der Waals surface area contributed by atoms with Crippen LogP contribution < -0.4 is 9.64 Å². The molecule has 0 atom stereocenters. The van der Waals surface area contributed by atoms with Gasteiger partial charge in [-0.25, -0.2) is 0 Å². The van der Waals surface area contributed by atoms with Gasteiger partial charge >= 0.3 is 5.97 Å². The average molecular weight is 351 g/mol. The molecule has 0 amide bonds. The summed E-state index contributed by atoms with van der Waals surface area (Å²) in [6, 6.07) is 6.34. The van der Waals surface area contributed by atoms with E-state index in [-0.39, 0.29) is 6.42 Å². The molecule has 2 aliphatic heterocycles. The summed E-state index contributed by atoms with van der Waals surface area (Å²) in [4.78, 5) is 13.8.